The first kappa shape index (κ1) is 14.4. The van der Waals surface area contributed by atoms with E-state index < -0.39 is 4.92 Å². The van der Waals surface area contributed by atoms with Gasteiger partial charge in [-0.05, 0) is 26.7 Å². The Morgan fingerprint density at radius 3 is 2.55 bits per heavy atom. The van der Waals surface area contributed by atoms with Crippen molar-refractivity contribution in [2.24, 2.45) is 0 Å². The summed E-state index contributed by atoms with van der Waals surface area (Å²) in [6.45, 7) is 4.91. The predicted molar refractivity (Wildman–Crippen MR) is 75.1 cm³/mol. The minimum Gasteiger partial charge on any atom is -0.381 e. The first-order chi connectivity index (χ1) is 9.45. The monoisotopic (exact) mass is 281 g/mol. The molecule has 2 N–H and O–H groups in total. The fraction of sp³-hybridized carbons (Fsp3) is 0.667. The van der Waals surface area contributed by atoms with Crippen molar-refractivity contribution in [2.45, 2.75) is 32.2 Å². The van der Waals surface area contributed by atoms with Crippen molar-refractivity contribution >= 4 is 17.5 Å². The van der Waals surface area contributed by atoms with Crippen LogP contribution in [0.5, 0.6) is 0 Å². The Kier molecular flexibility index (Phi) is 4.03. The van der Waals surface area contributed by atoms with Crippen LogP contribution in [-0.2, 0) is 4.74 Å². The van der Waals surface area contributed by atoms with Crippen LogP contribution in [0.15, 0.2) is 0 Å². The van der Waals surface area contributed by atoms with Crippen LogP contribution in [0.2, 0.25) is 0 Å². The van der Waals surface area contributed by atoms with Crippen LogP contribution < -0.4 is 10.6 Å². The Morgan fingerprint density at radius 2 is 2.00 bits per heavy atom. The van der Waals surface area contributed by atoms with Crippen molar-refractivity contribution < 1.29 is 9.66 Å². The molecule has 1 saturated heterocycles. The van der Waals surface area contributed by atoms with Gasteiger partial charge in [-0.2, -0.15) is 4.98 Å². The zero-order valence-corrected chi connectivity index (χ0v) is 11.9. The number of nitrogens with one attached hydrogen (secondary N) is 2. The van der Waals surface area contributed by atoms with Gasteiger partial charge in [0, 0.05) is 25.8 Å². The molecular formula is C12H19N5O3. The summed E-state index contributed by atoms with van der Waals surface area (Å²) < 4.78 is 5.33. The minimum atomic E-state index is -0.445. The van der Waals surface area contributed by atoms with Crippen LogP contribution in [0, 0.1) is 17.0 Å². The smallest absolute Gasteiger partial charge is 0.332 e. The lowest BCUT2D eigenvalue weighted by Gasteiger charge is -2.34. The molecule has 0 unspecified atom stereocenters. The summed E-state index contributed by atoms with van der Waals surface area (Å²) >= 11 is 0. The lowest BCUT2D eigenvalue weighted by molar-refractivity contribution is -0.385. The summed E-state index contributed by atoms with van der Waals surface area (Å²) in [6.07, 6.45) is 1.56. The van der Waals surface area contributed by atoms with Crippen LogP contribution >= 0.6 is 0 Å². The first-order valence-corrected chi connectivity index (χ1v) is 6.52. The molecule has 0 radical (unpaired) electrons. The number of hydrogen-bond donors (Lipinski definition) is 2. The third-order valence-corrected chi connectivity index (χ3v) is 3.48. The molecule has 2 heterocycles. The quantitative estimate of drug-likeness (QED) is 0.639. The molecule has 110 valence electrons. The van der Waals surface area contributed by atoms with Gasteiger partial charge in [0.25, 0.3) is 0 Å². The Bertz CT molecular complexity index is 514. The molecule has 8 heteroatoms. The third-order valence-electron chi connectivity index (χ3n) is 3.48. The molecule has 0 atom stereocenters. The van der Waals surface area contributed by atoms with Crippen molar-refractivity contribution in [2.75, 3.05) is 30.9 Å². The Balaban J connectivity index is 2.38. The first-order valence-electron chi connectivity index (χ1n) is 6.52. The van der Waals surface area contributed by atoms with E-state index in [9.17, 15) is 10.1 Å². The van der Waals surface area contributed by atoms with E-state index in [1.54, 1.807) is 14.0 Å². The molecule has 1 fully saturated rings. The van der Waals surface area contributed by atoms with Gasteiger partial charge in [0.2, 0.25) is 11.8 Å². The van der Waals surface area contributed by atoms with Gasteiger partial charge in [-0.15, -0.1) is 0 Å². The molecule has 1 aromatic rings. The average molecular weight is 281 g/mol. The lowest BCUT2D eigenvalue weighted by atomic mass is 9.92. The van der Waals surface area contributed by atoms with Crippen molar-refractivity contribution in [1.82, 2.24) is 9.97 Å². The molecule has 0 saturated carbocycles. The summed E-state index contributed by atoms with van der Waals surface area (Å²) in [5.41, 5.74) is 0.0127. The molecule has 0 bridgehead atoms. The number of aryl methyl sites for hydroxylation is 1. The van der Waals surface area contributed by atoms with Gasteiger partial charge in [-0.25, -0.2) is 4.98 Å². The lowest BCUT2D eigenvalue weighted by Crippen LogP contribution is -2.41. The van der Waals surface area contributed by atoms with Gasteiger partial charge in [-0.1, -0.05) is 0 Å². The van der Waals surface area contributed by atoms with Gasteiger partial charge < -0.3 is 15.4 Å². The Morgan fingerprint density at radius 1 is 1.35 bits per heavy atom. The highest BCUT2D eigenvalue weighted by molar-refractivity contribution is 5.61. The van der Waals surface area contributed by atoms with Gasteiger partial charge in [-0.3, -0.25) is 10.1 Å². The van der Waals surface area contributed by atoms with Crippen molar-refractivity contribution in [1.29, 1.82) is 0 Å². The van der Waals surface area contributed by atoms with E-state index in [1.165, 1.54) is 0 Å². The standard InChI is InChI=1S/C12H19N5O3/c1-8-9(17(18)19)10(15-11(13-3)14-8)16-12(2)4-6-20-7-5-12/h4-7H2,1-3H3,(H2,13,14,15,16). The summed E-state index contributed by atoms with van der Waals surface area (Å²) in [7, 11) is 1.68. The molecule has 1 aliphatic heterocycles. The van der Waals surface area contributed by atoms with E-state index in [2.05, 4.69) is 20.6 Å². The zero-order chi connectivity index (χ0) is 14.8. The van der Waals surface area contributed by atoms with Crippen molar-refractivity contribution in [3.05, 3.63) is 15.8 Å². The number of nitrogens with zero attached hydrogens (tertiary/aromatic N) is 3. The zero-order valence-electron chi connectivity index (χ0n) is 11.9. The van der Waals surface area contributed by atoms with E-state index in [4.69, 9.17) is 4.74 Å². The largest absolute Gasteiger partial charge is 0.381 e. The summed E-state index contributed by atoms with van der Waals surface area (Å²) in [4.78, 5) is 19.0. The molecule has 0 amide bonds. The maximum absolute atomic E-state index is 11.2. The van der Waals surface area contributed by atoms with Crippen molar-refractivity contribution in [3.63, 3.8) is 0 Å². The molecule has 20 heavy (non-hydrogen) atoms. The van der Waals surface area contributed by atoms with Gasteiger partial charge >= 0.3 is 5.69 Å². The minimum absolute atomic E-state index is 0.0725. The fourth-order valence-corrected chi connectivity index (χ4v) is 2.22. The third kappa shape index (κ3) is 2.96. The van der Waals surface area contributed by atoms with Gasteiger partial charge in [0.1, 0.15) is 5.69 Å². The second kappa shape index (κ2) is 5.58. The Labute approximate surface area is 117 Å². The number of anilines is 2. The molecule has 1 aliphatic rings. The number of rotatable bonds is 4. The number of ether oxygens (including phenoxy) is 1. The van der Waals surface area contributed by atoms with Gasteiger partial charge in [0.05, 0.1) is 4.92 Å². The summed E-state index contributed by atoms with van der Waals surface area (Å²) in [6, 6.07) is 0. The fourth-order valence-electron chi connectivity index (χ4n) is 2.22. The molecule has 8 nitrogen and oxygen atoms in total. The molecular weight excluding hydrogens is 262 g/mol. The highest BCUT2D eigenvalue weighted by Crippen LogP contribution is 2.32. The maximum Gasteiger partial charge on any atom is 0.332 e. The second-order valence-corrected chi connectivity index (χ2v) is 5.13. The summed E-state index contributed by atoms with van der Waals surface area (Å²) in [5, 5.41) is 17.3. The molecule has 0 spiro atoms. The number of aromatic nitrogens is 2. The maximum atomic E-state index is 11.2. The normalized spacial score (nSPS) is 17.6. The van der Waals surface area contributed by atoms with E-state index in [0.717, 1.165) is 12.8 Å². The second-order valence-electron chi connectivity index (χ2n) is 5.13. The topological polar surface area (TPSA) is 102 Å². The van der Waals surface area contributed by atoms with Crippen molar-refractivity contribution in [3.8, 4) is 0 Å². The van der Waals surface area contributed by atoms with E-state index in [-0.39, 0.29) is 17.0 Å². The van der Waals surface area contributed by atoms with Crippen LogP contribution in [0.3, 0.4) is 0 Å². The average Bonchev–Trinajstić information content (AvgIpc) is 2.37. The molecule has 2 rings (SSSR count). The summed E-state index contributed by atoms with van der Waals surface area (Å²) in [5.74, 6) is 0.627. The predicted octanol–water partition coefficient (Wildman–Crippen LogP) is 1.72. The molecule has 1 aromatic heterocycles. The Hall–Kier alpha value is -1.96. The van der Waals surface area contributed by atoms with E-state index >= 15 is 0 Å². The van der Waals surface area contributed by atoms with E-state index in [0.29, 0.717) is 24.9 Å². The molecule has 0 aromatic carbocycles. The highest BCUT2D eigenvalue weighted by Gasteiger charge is 2.32. The van der Waals surface area contributed by atoms with E-state index in [1.807, 2.05) is 6.92 Å². The van der Waals surface area contributed by atoms with Crippen LogP contribution in [0.25, 0.3) is 0 Å². The number of hydrogen-bond acceptors (Lipinski definition) is 7. The highest BCUT2D eigenvalue weighted by atomic mass is 16.6. The van der Waals surface area contributed by atoms with Crippen LogP contribution in [0.4, 0.5) is 17.5 Å². The molecule has 0 aliphatic carbocycles. The number of nitro groups is 1. The van der Waals surface area contributed by atoms with Crippen LogP contribution in [-0.4, -0.2) is 40.7 Å². The van der Waals surface area contributed by atoms with Gasteiger partial charge in [0.15, 0.2) is 0 Å². The van der Waals surface area contributed by atoms with Crippen LogP contribution in [0.1, 0.15) is 25.5 Å². The SMILES string of the molecule is CNc1nc(C)c([N+](=O)[O-])c(NC2(C)CCOCC2)n1.